The minimum atomic E-state index is -0.0775. The number of aryl methyl sites for hydroxylation is 1. The zero-order chi connectivity index (χ0) is 13.0. The van der Waals surface area contributed by atoms with Crippen molar-refractivity contribution < 1.29 is 4.79 Å². The third-order valence-electron chi connectivity index (χ3n) is 2.98. The maximum absolute atomic E-state index is 11.9. The van der Waals surface area contributed by atoms with Crippen LogP contribution in [0.1, 0.15) is 6.42 Å². The van der Waals surface area contributed by atoms with Crippen molar-refractivity contribution in [2.45, 2.75) is 13.0 Å². The average Bonchev–Trinajstić information content (AvgIpc) is 2.40. The maximum Gasteiger partial charge on any atom is 0.250 e. The first-order chi connectivity index (χ1) is 8.66. The summed E-state index contributed by atoms with van der Waals surface area (Å²) in [5, 5.41) is 3.20. The van der Waals surface area contributed by atoms with E-state index in [1.165, 1.54) is 6.07 Å². The molecule has 0 atom stereocenters. The number of hydrogen-bond donors (Lipinski definition) is 1. The Morgan fingerprint density at radius 3 is 2.78 bits per heavy atom. The van der Waals surface area contributed by atoms with E-state index in [1.54, 1.807) is 16.8 Å². The Labute approximate surface area is 114 Å². The van der Waals surface area contributed by atoms with E-state index in [2.05, 4.69) is 21.2 Å². The van der Waals surface area contributed by atoms with E-state index in [-0.39, 0.29) is 11.5 Å². The number of aromatic nitrogens is 1. The maximum atomic E-state index is 11.9. The van der Waals surface area contributed by atoms with Gasteiger partial charge in [0.15, 0.2) is 0 Å². The molecule has 1 N–H and O–H groups in total. The highest BCUT2D eigenvalue weighted by molar-refractivity contribution is 9.10. The second kappa shape index (κ2) is 6.15. The second-order valence-corrected chi connectivity index (χ2v) is 5.18. The molecule has 0 spiro atoms. The first kappa shape index (κ1) is 13.3. The zero-order valence-corrected chi connectivity index (χ0v) is 11.6. The van der Waals surface area contributed by atoms with Crippen molar-refractivity contribution in [3.63, 3.8) is 0 Å². The highest BCUT2D eigenvalue weighted by atomic mass is 79.9. The van der Waals surface area contributed by atoms with Crippen LogP contribution in [-0.4, -0.2) is 41.6 Å². The lowest BCUT2D eigenvalue weighted by Gasteiger charge is -2.27. The van der Waals surface area contributed by atoms with Gasteiger partial charge in [0.05, 0.1) is 0 Å². The zero-order valence-electron chi connectivity index (χ0n) is 10.1. The molecule has 1 aliphatic rings. The highest BCUT2D eigenvalue weighted by Crippen LogP contribution is 2.06. The van der Waals surface area contributed by atoms with Crippen LogP contribution >= 0.6 is 15.9 Å². The number of piperazine rings is 1. The molecule has 18 heavy (non-hydrogen) atoms. The molecular formula is C12H16BrN3O2. The van der Waals surface area contributed by atoms with Crippen LogP contribution in [0, 0.1) is 0 Å². The topological polar surface area (TPSA) is 54.3 Å². The minimum Gasteiger partial charge on any atom is -0.340 e. The van der Waals surface area contributed by atoms with Crippen LogP contribution in [0.2, 0.25) is 0 Å². The van der Waals surface area contributed by atoms with Crippen LogP contribution in [0.15, 0.2) is 27.6 Å². The molecule has 0 saturated carbocycles. The number of carbonyl (C=O) groups excluding carboxylic acids is 1. The van der Waals surface area contributed by atoms with E-state index < -0.39 is 0 Å². The third-order valence-corrected chi connectivity index (χ3v) is 3.45. The Morgan fingerprint density at radius 1 is 1.33 bits per heavy atom. The van der Waals surface area contributed by atoms with Gasteiger partial charge >= 0.3 is 0 Å². The molecule has 6 heteroatoms. The molecule has 0 aliphatic carbocycles. The second-order valence-electron chi connectivity index (χ2n) is 4.26. The summed E-state index contributed by atoms with van der Waals surface area (Å²) in [4.78, 5) is 25.4. The van der Waals surface area contributed by atoms with E-state index in [1.807, 2.05) is 4.90 Å². The van der Waals surface area contributed by atoms with Gasteiger partial charge in [0.25, 0.3) is 5.56 Å². The first-order valence-electron chi connectivity index (χ1n) is 6.01. The van der Waals surface area contributed by atoms with Crippen molar-refractivity contribution in [3.8, 4) is 0 Å². The van der Waals surface area contributed by atoms with Gasteiger partial charge in [-0.25, -0.2) is 0 Å². The fraction of sp³-hybridized carbons (Fsp3) is 0.500. The van der Waals surface area contributed by atoms with Gasteiger partial charge in [-0.3, -0.25) is 9.59 Å². The van der Waals surface area contributed by atoms with Crippen molar-refractivity contribution >= 4 is 21.8 Å². The Bertz CT molecular complexity index is 480. The Balaban J connectivity index is 1.92. The van der Waals surface area contributed by atoms with Gasteiger partial charge in [0.1, 0.15) is 0 Å². The molecule has 1 saturated heterocycles. The van der Waals surface area contributed by atoms with E-state index in [0.717, 1.165) is 30.7 Å². The third kappa shape index (κ3) is 3.43. The van der Waals surface area contributed by atoms with Gasteiger partial charge in [0, 0.05) is 55.9 Å². The summed E-state index contributed by atoms with van der Waals surface area (Å²) >= 11 is 3.32. The molecule has 2 rings (SSSR count). The number of rotatable bonds is 3. The standard InChI is InChI=1S/C12H16BrN3O2/c13-10-1-2-11(17)16(9-10)6-3-12(18)15-7-4-14-5-8-15/h1-2,9,14H,3-8H2. The molecular weight excluding hydrogens is 298 g/mol. The number of amides is 1. The lowest BCUT2D eigenvalue weighted by atomic mass is 10.3. The molecule has 1 fully saturated rings. The van der Waals surface area contributed by atoms with Crippen LogP contribution in [0.3, 0.4) is 0 Å². The smallest absolute Gasteiger partial charge is 0.250 e. The van der Waals surface area contributed by atoms with Crippen molar-refractivity contribution in [1.82, 2.24) is 14.8 Å². The Kier molecular flexibility index (Phi) is 4.54. The molecule has 0 bridgehead atoms. The van der Waals surface area contributed by atoms with Crippen molar-refractivity contribution in [3.05, 3.63) is 33.2 Å². The van der Waals surface area contributed by atoms with Gasteiger partial charge in [-0.05, 0) is 22.0 Å². The predicted octanol–water partition coefficient (Wildman–Crippen LogP) is 0.433. The normalized spacial score (nSPS) is 15.7. The van der Waals surface area contributed by atoms with Crippen molar-refractivity contribution in [1.29, 1.82) is 0 Å². The number of carbonyl (C=O) groups is 1. The molecule has 1 aromatic heterocycles. The fourth-order valence-corrected chi connectivity index (χ4v) is 2.34. The van der Waals surface area contributed by atoms with Crippen LogP contribution in [0.4, 0.5) is 0 Å². The molecule has 5 nitrogen and oxygen atoms in total. The van der Waals surface area contributed by atoms with Gasteiger partial charge in [-0.1, -0.05) is 0 Å². The van der Waals surface area contributed by atoms with Gasteiger partial charge in [-0.2, -0.15) is 0 Å². The van der Waals surface area contributed by atoms with E-state index in [9.17, 15) is 9.59 Å². The molecule has 0 radical (unpaired) electrons. The molecule has 1 aromatic rings. The van der Waals surface area contributed by atoms with Crippen LogP contribution in [0.25, 0.3) is 0 Å². The largest absolute Gasteiger partial charge is 0.340 e. The predicted molar refractivity (Wildman–Crippen MR) is 72.5 cm³/mol. The number of pyridine rings is 1. The minimum absolute atomic E-state index is 0.0775. The highest BCUT2D eigenvalue weighted by Gasteiger charge is 2.15. The number of hydrogen-bond acceptors (Lipinski definition) is 3. The van der Waals surface area contributed by atoms with Crippen molar-refractivity contribution in [2.75, 3.05) is 26.2 Å². The van der Waals surface area contributed by atoms with Crippen LogP contribution in [0.5, 0.6) is 0 Å². The van der Waals surface area contributed by atoms with Crippen LogP contribution in [-0.2, 0) is 11.3 Å². The summed E-state index contributed by atoms with van der Waals surface area (Å²) in [6.45, 7) is 3.64. The number of halogens is 1. The Hall–Kier alpha value is -1.14. The van der Waals surface area contributed by atoms with Gasteiger partial charge < -0.3 is 14.8 Å². The average molecular weight is 314 g/mol. The summed E-state index contributed by atoms with van der Waals surface area (Å²) in [6.07, 6.45) is 2.09. The first-order valence-corrected chi connectivity index (χ1v) is 6.80. The molecule has 1 aliphatic heterocycles. The quantitative estimate of drug-likeness (QED) is 0.880. The van der Waals surface area contributed by atoms with Crippen molar-refractivity contribution in [2.24, 2.45) is 0 Å². The van der Waals surface area contributed by atoms with Gasteiger partial charge in [0.2, 0.25) is 5.91 Å². The lowest BCUT2D eigenvalue weighted by molar-refractivity contribution is -0.132. The van der Waals surface area contributed by atoms with E-state index in [0.29, 0.717) is 13.0 Å². The van der Waals surface area contributed by atoms with E-state index in [4.69, 9.17) is 0 Å². The molecule has 98 valence electrons. The summed E-state index contributed by atoms with van der Waals surface area (Å²) in [6, 6.07) is 3.20. The number of nitrogens with zero attached hydrogens (tertiary/aromatic N) is 2. The summed E-state index contributed by atoms with van der Waals surface area (Å²) < 4.78 is 2.40. The SMILES string of the molecule is O=C(CCn1cc(Br)ccc1=O)N1CCNCC1. The fourth-order valence-electron chi connectivity index (χ4n) is 1.97. The molecule has 0 unspecified atom stereocenters. The number of nitrogens with one attached hydrogen (secondary N) is 1. The molecule has 2 heterocycles. The summed E-state index contributed by atoms with van der Waals surface area (Å²) in [7, 11) is 0. The van der Waals surface area contributed by atoms with Crippen LogP contribution < -0.4 is 10.9 Å². The molecule has 1 amide bonds. The van der Waals surface area contributed by atoms with E-state index >= 15 is 0 Å². The Morgan fingerprint density at radius 2 is 2.06 bits per heavy atom. The van der Waals surface area contributed by atoms with Gasteiger partial charge in [-0.15, -0.1) is 0 Å². The molecule has 0 aromatic carbocycles. The summed E-state index contributed by atoms with van der Waals surface area (Å²) in [5.41, 5.74) is -0.0775. The monoisotopic (exact) mass is 313 g/mol. The summed E-state index contributed by atoms with van der Waals surface area (Å²) in [5.74, 6) is 0.114. The lowest BCUT2D eigenvalue weighted by Crippen LogP contribution is -2.46.